The third kappa shape index (κ3) is 2.90. The van der Waals surface area contributed by atoms with Crippen molar-refractivity contribution in [2.45, 2.75) is 12.8 Å². The topological polar surface area (TPSA) is 95.0 Å². The molecule has 6 nitrogen and oxygen atoms in total. The van der Waals surface area contributed by atoms with Gasteiger partial charge < -0.3 is 20.9 Å². The van der Waals surface area contributed by atoms with Gasteiger partial charge >= 0.3 is 0 Å². The summed E-state index contributed by atoms with van der Waals surface area (Å²) < 4.78 is 0. The summed E-state index contributed by atoms with van der Waals surface area (Å²) in [4.78, 5) is 6.33. The lowest BCUT2D eigenvalue weighted by Crippen LogP contribution is -2.35. The second-order valence-corrected chi connectivity index (χ2v) is 4.97. The van der Waals surface area contributed by atoms with Gasteiger partial charge in [0.15, 0.2) is 5.84 Å². The molecule has 0 aromatic carbocycles. The van der Waals surface area contributed by atoms with Crippen molar-refractivity contribution in [3.63, 3.8) is 0 Å². The van der Waals surface area contributed by atoms with Crippen LogP contribution in [0.2, 0.25) is 5.02 Å². The van der Waals surface area contributed by atoms with Crippen LogP contribution in [-0.4, -0.2) is 40.8 Å². The Bertz CT molecular complexity index is 473. The van der Waals surface area contributed by atoms with E-state index in [-0.39, 0.29) is 12.4 Å². The first kappa shape index (κ1) is 13.9. The molecule has 0 aliphatic carbocycles. The quantitative estimate of drug-likeness (QED) is 0.334. The highest BCUT2D eigenvalue weighted by Crippen LogP contribution is 2.30. The highest BCUT2D eigenvalue weighted by molar-refractivity contribution is 6.36. The van der Waals surface area contributed by atoms with Crippen LogP contribution < -0.4 is 10.6 Å². The molecule has 1 saturated heterocycles. The number of oxime groups is 1. The number of hydrogen-bond donors (Lipinski definition) is 3. The molecule has 2 rings (SSSR count). The summed E-state index contributed by atoms with van der Waals surface area (Å²) in [7, 11) is 0. The molecule has 0 atom stereocenters. The first-order chi connectivity index (χ1) is 9.17. The maximum absolute atomic E-state index is 9.13. The molecular weight excluding hydrogens is 268 g/mol. The van der Waals surface area contributed by atoms with Crippen molar-refractivity contribution >= 4 is 23.3 Å². The molecule has 0 spiro atoms. The Morgan fingerprint density at radius 2 is 2.21 bits per heavy atom. The largest absolute Gasteiger partial charge is 0.409 e. The molecular formula is C12H17ClN4O2. The van der Waals surface area contributed by atoms with Crippen LogP contribution in [0.25, 0.3) is 0 Å². The first-order valence-corrected chi connectivity index (χ1v) is 6.53. The zero-order chi connectivity index (χ0) is 13.8. The van der Waals surface area contributed by atoms with Gasteiger partial charge in [-0.3, -0.25) is 0 Å². The van der Waals surface area contributed by atoms with Crippen molar-refractivity contribution in [1.29, 1.82) is 0 Å². The molecule has 7 heteroatoms. The molecule has 4 N–H and O–H groups in total. The van der Waals surface area contributed by atoms with E-state index in [2.05, 4.69) is 15.0 Å². The number of halogens is 1. The third-order valence-electron chi connectivity index (χ3n) is 3.43. The summed E-state index contributed by atoms with van der Waals surface area (Å²) in [5.74, 6) is 0.961. The van der Waals surface area contributed by atoms with Gasteiger partial charge in [-0.1, -0.05) is 16.8 Å². The molecule has 0 amide bonds. The number of aromatic nitrogens is 1. The van der Waals surface area contributed by atoms with Crippen molar-refractivity contribution in [2.75, 3.05) is 24.6 Å². The number of amidine groups is 1. The van der Waals surface area contributed by atoms with Gasteiger partial charge in [-0.2, -0.15) is 0 Å². The predicted octanol–water partition coefficient (Wildman–Crippen LogP) is 1.04. The van der Waals surface area contributed by atoms with Crippen molar-refractivity contribution < 1.29 is 10.3 Å². The molecule has 2 heterocycles. The Balaban J connectivity index is 2.22. The zero-order valence-corrected chi connectivity index (χ0v) is 11.2. The van der Waals surface area contributed by atoms with Crippen molar-refractivity contribution in [3.8, 4) is 0 Å². The van der Waals surface area contributed by atoms with E-state index in [1.165, 1.54) is 0 Å². The van der Waals surface area contributed by atoms with E-state index < -0.39 is 0 Å². The summed E-state index contributed by atoms with van der Waals surface area (Å²) in [5, 5.41) is 21.2. The average Bonchev–Trinajstić information content (AvgIpc) is 2.47. The van der Waals surface area contributed by atoms with Crippen LogP contribution in [0, 0.1) is 5.92 Å². The minimum absolute atomic E-state index is 0.0288. The van der Waals surface area contributed by atoms with Gasteiger partial charge in [-0.25, -0.2) is 4.98 Å². The summed E-state index contributed by atoms with van der Waals surface area (Å²) in [5.41, 5.74) is 6.04. The minimum atomic E-state index is -0.0288. The zero-order valence-electron chi connectivity index (χ0n) is 10.5. The maximum Gasteiger partial charge on any atom is 0.171 e. The molecule has 1 aliphatic rings. The molecule has 104 valence electrons. The molecule has 19 heavy (non-hydrogen) atoms. The normalized spacial score (nSPS) is 17.8. The van der Waals surface area contributed by atoms with Crippen LogP contribution in [-0.2, 0) is 0 Å². The highest BCUT2D eigenvalue weighted by atomic mass is 35.5. The fourth-order valence-electron chi connectivity index (χ4n) is 2.23. The van der Waals surface area contributed by atoms with E-state index in [0.717, 1.165) is 25.9 Å². The lowest BCUT2D eigenvalue weighted by atomic mass is 9.98. The van der Waals surface area contributed by atoms with Gasteiger partial charge in [0.25, 0.3) is 0 Å². The number of anilines is 1. The maximum atomic E-state index is 9.13. The highest BCUT2D eigenvalue weighted by Gasteiger charge is 2.22. The van der Waals surface area contributed by atoms with Crippen molar-refractivity contribution in [2.24, 2.45) is 16.8 Å². The van der Waals surface area contributed by atoms with Crippen LogP contribution >= 0.6 is 11.6 Å². The molecule has 0 radical (unpaired) electrons. The summed E-state index contributed by atoms with van der Waals surface area (Å²) in [6.45, 7) is 1.80. The molecule has 1 aromatic rings. The van der Waals surface area contributed by atoms with Gasteiger partial charge in [-0.15, -0.1) is 0 Å². The van der Waals surface area contributed by atoms with Gasteiger partial charge in [0.05, 0.1) is 5.02 Å². The predicted molar refractivity (Wildman–Crippen MR) is 73.8 cm³/mol. The van der Waals surface area contributed by atoms with Gasteiger partial charge in [0.2, 0.25) is 0 Å². The Morgan fingerprint density at radius 1 is 1.53 bits per heavy atom. The Labute approximate surface area is 116 Å². The van der Waals surface area contributed by atoms with E-state index in [0.29, 0.717) is 22.3 Å². The number of pyridine rings is 1. The number of nitrogens with zero attached hydrogens (tertiary/aromatic N) is 3. The minimum Gasteiger partial charge on any atom is -0.409 e. The lowest BCUT2D eigenvalue weighted by molar-refractivity contribution is 0.203. The van der Waals surface area contributed by atoms with Crippen LogP contribution in [0.4, 0.5) is 5.82 Å². The second kappa shape index (κ2) is 6.08. The molecule has 1 fully saturated rings. The summed E-state index contributed by atoms with van der Waals surface area (Å²) in [6, 6.07) is 1.61. The summed E-state index contributed by atoms with van der Waals surface area (Å²) >= 11 is 6.26. The number of hydrogen-bond acceptors (Lipinski definition) is 5. The number of aliphatic hydroxyl groups excluding tert-OH is 1. The van der Waals surface area contributed by atoms with Crippen molar-refractivity contribution in [3.05, 3.63) is 22.8 Å². The average molecular weight is 285 g/mol. The van der Waals surface area contributed by atoms with E-state index >= 15 is 0 Å². The molecule has 0 unspecified atom stereocenters. The fraction of sp³-hybridized carbons (Fsp3) is 0.500. The molecule has 1 aromatic heterocycles. The smallest absolute Gasteiger partial charge is 0.171 e. The molecule has 0 bridgehead atoms. The van der Waals surface area contributed by atoms with Crippen LogP contribution in [0.5, 0.6) is 0 Å². The Morgan fingerprint density at radius 3 is 2.79 bits per heavy atom. The van der Waals surface area contributed by atoms with Crippen LogP contribution in [0.3, 0.4) is 0 Å². The summed E-state index contributed by atoms with van der Waals surface area (Å²) in [6.07, 6.45) is 3.40. The number of nitrogens with two attached hydrogens (primary N) is 1. The standard InChI is InChI=1S/C12H17ClN4O2/c13-10-9(11(14)16-19)1-4-15-12(10)17-5-2-8(7-18)3-6-17/h1,4,8,18-19H,2-3,5-7H2,(H2,14,16). The van der Waals surface area contributed by atoms with E-state index in [1.54, 1.807) is 12.3 Å². The van der Waals surface area contributed by atoms with E-state index in [4.69, 9.17) is 27.6 Å². The monoisotopic (exact) mass is 284 g/mol. The molecule has 1 aliphatic heterocycles. The Kier molecular flexibility index (Phi) is 4.44. The third-order valence-corrected chi connectivity index (χ3v) is 3.80. The van der Waals surface area contributed by atoms with Crippen LogP contribution in [0.15, 0.2) is 17.4 Å². The number of rotatable bonds is 3. The van der Waals surface area contributed by atoms with Crippen LogP contribution in [0.1, 0.15) is 18.4 Å². The van der Waals surface area contributed by atoms with Gasteiger partial charge in [-0.05, 0) is 24.8 Å². The Hall–Kier alpha value is -1.53. The fourth-order valence-corrected chi connectivity index (χ4v) is 2.56. The second-order valence-electron chi connectivity index (χ2n) is 4.59. The number of piperidine rings is 1. The SMILES string of the molecule is N/C(=N/O)c1ccnc(N2CCC(CO)CC2)c1Cl. The van der Waals surface area contributed by atoms with Gasteiger partial charge in [0, 0.05) is 31.5 Å². The van der Waals surface area contributed by atoms with Gasteiger partial charge in [0.1, 0.15) is 5.82 Å². The van der Waals surface area contributed by atoms with Crippen molar-refractivity contribution in [1.82, 2.24) is 4.98 Å². The molecule has 0 saturated carbocycles. The number of aliphatic hydroxyl groups is 1. The van der Waals surface area contributed by atoms with E-state index in [9.17, 15) is 0 Å². The lowest BCUT2D eigenvalue weighted by Gasteiger charge is -2.32. The first-order valence-electron chi connectivity index (χ1n) is 6.15. The van der Waals surface area contributed by atoms with E-state index in [1.807, 2.05) is 0 Å².